The van der Waals surface area contributed by atoms with Gasteiger partial charge in [0.05, 0.1) is 19.1 Å². The molecule has 1 heterocycles. The van der Waals surface area contributed by atoms with Gasteiger partial charge in [-0.05, 0) is 43.2 Å². The lowest BCUT2D eigenvalue weighted by Crippen LogP contribution is -2.47. The Labute approximate surface area is 186 Å². The second kappa shape index (κ2) is 10.4. The molecule has 1 aliphatic rings. The third-order valence-electron chi connectivity index (χ3n) is 5.18. The minimum absolute atomic E-state index is 0.0154. The fraction of sp³-hybridized carbons (Fsp3) is 0.304. The molecule has 5 N–H and O–H groups in total. The first kappa shape index (κ1) is 22.8. The van der Waals surface area contributed by atoms with E-state index in [9.17, 15) is 14.4 Å². The van der Waals surface area contributed by atoms with Crippen molar-refractivity contribution in [1.82, 2.24) is 10.6 Å². The van der Waals surface area contributed by atoms with Gasteiger partial charge in [-0.2, -0.15) is 0 Å². The Morgan fingerprint density at radius 3 is 2.50 bits per heavy atom. The molecule has 0 bridgehead atoms. The standard InChI is InChI=1S/C23H27N5O4/c1-2-32-20(29)14-19(15-6-4-3-5-7-15)27-23(31)26-18-12-13-28(22(18)30)17-10-8-16(9-11-17)21(24)25/h3-11,18-19H,2,12-14H2,1H3,(H3,24,25)(H2,26,27,31)/t18-,19-/m0/s1. The number of nitrogen functional groups attached to an aromatic ring is 1. The normalized spacial score (nSPS) is 16.3. The van der Waals surface area contributed by atoms with Crippen molar-refractivity contribution < 1.29 is 19.1 Å². The Morgan fingerprint density at radius 1 is 1.19 bits per heavy atom. The van der Waals surface area contributed by atoms with Gasteiger partial charge in [-0.1, -0.05) is 30.3 Å². The van der Waals surface area contributed by atoms with E-state index in [-0.39, 0.29) is 24.8 Å². The average Bonchev–Trinajstić information content (AvgIpc) is 3.14. The highest BCUT2D eigenvalue weighted by Gasteiger charge is 2.34. The first-order valence-electron chi connectivity index (χ1n) is 10.4. The molecule has 9 nitrogen and oxygen atoms in total. The molecule has 0 aromatic heterocycles. The lowest BCUT2D eigenvalue weighted by molar-refractivity contribution is -0.143. The third-order valence-corrected chi connectivity index (χ3v) is 5.18. The maximum atomic E-state index is 12.8. The van der Waals surface area contributed by atoms with Crippen LogP contribution < -0.4 is 21.3 Å². The topological polar surface area (TPSA) is 138 Å². The number of hydrogen-bond donors (Lipinski definition) is 4. The summed E-state index contributed by atoms with van der Waals surface area (Å²) in [7, 11) is 0. The number of benzene rings is 2. The molecule has 1 saturated heterocycles. The van der Waals surface area contributed by atoms with Crippen molar-refractivity contribution >= 4 is 29.4 Å². The predicted molar refractivity (Wildman–Crippen MR) is 120 cm³/mol. The van der Waals surface area contributed by atoms with Gasteiger partial charge in [0.25, 0.3) is 0 Å². The molecule has 3 rings (SSSR count). The molecule has 1 fully saturated rings. The number of amides is 3. The van der Waals surface area contributed by atoms with Crippen molar-refractivity contribution in [2.24, 2.45) is 5.73 Å². The van der Waals surface area contributed by atoms with Crippen molar-refractivity contribution in [3.8, 4) is 0 Å². The summed E-state index contributed by atoms with van der Waals surface area (Å²) in [6.07, 6.45) is 0.438. The summed E-state index contributed by atoms with van der Waals surface area (Å²) >= 11 is 0. The Bertz CT molecular complexity index is 978. The van der Waals surface area contributed by atoms with Crippen LogP contribution in [0.3, 0.4) is 0 Å². The monoisotopic (exact) mass is 437 g/mol. The van der Waals surface area contributed by atoms with Crippen LogP contribution in [0.15, 0.2) is 54.6 Å². The maximum absolute atomic E-state index is 12.8. The summed E-state index contributed by atoms with van der Waals surface area (Å²) in [5.74, 6) is -0.688. The van der Waals surface area contributed by atoms with Crippen LogP contribution in [0.4, 0.5) is 10.5 Å². The lowest BCUT2D eigenvalue weighted by atomic mass is 10.0. The van der Waals surface area contributed by atoms with Gasteiger partial charge >= 0.3 is 12.0 Å². The quantitative estimate of drug-likeness (QED) is 0.285. The molecule has 168 valence electrons. The van der Waals surface area contributed by atoms with Crippen molar-refractivity contribution in [3.05, 3.63) is 65.7 Å². The van der Waals surface area contributed by atoms with E-state index < -0.39 is 24.1 Å². The van der Waals surface area contributed by atoms with Gasteiger partial charge in [-0.3, -0.25) is 15.0 Å². The van der Waals surface area contributed by atoms with Crippen molar-refractivity contribution in [1.29, 1.82) is 5.41 Å². The van der Waals surface area contributed by atoms with E-state index in [1.54, 1.807) is 36.1 Å². The highest BCUT2D eigenvalue weighted by molar-refractivity contribution is 6.02. The van der Waals surface area contributed by atoms with E-state index >= 15 is 0 Å². The minimum Gasteiger partial charge on any atom is -0.466 e. The zero-order valence-corrected chi connectivity index (χ0v) is 17.8. The molecule has 3 amide bonds. The number of esters is 1. The van der Waals surface area contributed by atoms with E-state index in [1.165, 1.54) is 0 Å². The van der Waals surface area contributed by atoms with Crippen molar-refractivity contribution in [2.45, 2.75) is 31.8 Å². The highest BCUT2D eigenvalue weighted by atomic mass is 16.5. The molecule has 9 heteroatoms. The molecule has 0 spiro atoms. The van der Waals surface area contributed by atoms with Gasteiger partial charge in [-0.25, -0.2) is 4.79 Å². The van der Waals surface area contributed by atoms with E-state index in [0.29, 0.717) is 24.2 Å². The van der Waals surface area contributed by atoms with Crippen molar-refractivity contribution in [3.63, 3.8) is 0 Å². The number of nitrogens with zero attached hydrogens (tertiary/aromatic N) is 1. The summed E-state index contributed by atoms with van der Waals surface area (Å²) < 4.78 is 5.02. The van der Waals surface area contributed by atoms with E-state index in [1.807, 2.05) is 30.3 Å². The van der Waals surface area contributed by atoms with Crippen LogP contribution in [0.2, 0.25) is 0 Å². The average molecular weight is 438 g/mol. The summed E-state index contributed by atoms with van der Waals surface area (Å²) in [6, 6.07) is 14.1. The van der Waals surface area contributed by atoms with Crippen LogP contribution in [0.5, 0.6) is 0 Å². The maximum Gasteiger partial charge on any atom is 0.315 e. The summed E-state index contributed by atoms with van der Waals surface area (Å²) in [4.78, 5) is 39.0. The van der Waals surface area contributed by atoms with E-state index in [0.717, 1.165) is 5.56 Å². The fourth-order valence-electron chi connectivity index (χ4n) is 3.57. The largest absolute Gasteiger partial charge is 0.466 e. The summed E-state index contributed by atoms with van der Waals surface area (Å²) in [6.45, 7) is 2.43. The SMILES string of the molecule is CCOC(=O)C[C@H](NC(=O)N[C@H]1CCN(c2ccc(C(=N)N)cc2)C1=O)c1ccccc1. The van der Waals surface area contributed by atoms with Gasteiger partial charge in [0, 0.05) is 17.8 Å². The Balaban J connectivity index is 1.63. The molecule has 0 aliphatic carbocycles. The van der Waals surface area contributed by atoms with Gasteiger partial charge in [0.15, 0.2) is 0 Å². The Kier molecular flexibility index (Phi) is 7.43. The molecule has 0 unspecified atom stereocenters. The van der Waals surface area contributed by atoms with Crippen LogP contribution in [0.1, 0.15) is 36.9 Å². The molecular formula is C23H27N5O4. The molecule has 0 radical (unpaired) electrons. The fourth-order valence-corrected chi connectivity index (χ4v) is 3.57. The number of rotatable bonds is 8. The number of nitrogens with two attached hydrogens (primary N) is 1. The highest BCUT2D eigenvalue weighted by Crippen LogP contribution is 2.22. The van der Waals surface area contributed by atoms with Crippen LogP contribution >= 0.6 is 0 Å². The summed E-state index contributed by atoms with van der Waals surface area (Å²) in [5.41, 5.74) is 7.48. The molecule has 0 saturated carbocycles. The van der Waals surface area contributed by atoms with E-state index in [4.69, 9.17) is 15.9 Å². The molecular weight excluding hydrogens is 410 g/mol. The second-order valence-corrected chi connectivity index (χ2v) is 7.38. The smallest absolute Gasteiger partial charge is 0.315 e. The number of ether oxygens (including phenoxy) is 1. The van der Waals surface area contributed by atoms with Gasteiger partial charge in [-0.15, -0.1) is 0 Å². The number of carbonyl (C=O) groups excluding carboxylic acids is 3. The molecule has 1 aliphatic heterocycles. The number of urea groups is 1. The predicted octanol–water partition coefficient (Wildman–Crippen LogP) is 2.07. The van der Waals surface area contributed by atoms with Gasteiger partial charge in [0.2, 0.25) is 5.91 Å². The van der Waals surface area contributed by atoms with E-state index in [2.05, 4.69) is 10.6 Å². The third kappa shape index (κ3) is 5.63. The minimum atomic E-state index is -0.679. The summed E-state index contributed by atoms with van der Waals surface area (Å²) in [5, 5.41) is 13.0. The zero-order chi connectivity index (χ0) is 23.1. The Hall–Kier alpha value is -3.88. The molecule has 2 aromatic carbocycles. The number of anilines is 1. The molecule has 2 aromatic rings. The molecule has 32 heavy (non-hydrogen) atoms. The van der Waals surface area contributed by atoms with Crippen LogP contribution in [0, 0.1) is 5.41 Å². The van der Waals surface area contributed by atoms with Crippen molar-refractivity contribution in [2.75, 3.05) is 18.1 Å². The van der Waals surface area contributed by atoms with Gasteiger partial charge < -0.3 is 26.0 Å². The van der Waals surface area contributed by atoms with Crippen LogP contribution in [-0.2, 0) is 14.3 Å². The number of amidine groups is 1. The number of hydrogen-bond acceptors (Lipinski definition) is 5. The van der Waals surface area contributed by atoms with Crippen LogP contribution in [-0.4, -0.2) is 42.9 Å². The number of nitrogens with one attached hydrogen (secondary N) is 3. The molecule has 2 atom stereocenters. The first-order chi connectivity index (χ1) is 15.4. The number of carbonyl (C=O) groups is 3. The van der Waals surface area contributed by atoms with Crippen LogP contribution in [0.25, 0.3) is 0 Å². The van der Waals surface area contributed by atoms with Gasteiger partial charge in [0.1, 0.15) is 11.9 Å². The Morgan fingerprint density at radius 2 is 1.88 bits per heavy atom. The first-order valence-corrected chi connectivity index (χ1v) is 10.4. The lowest BCUT2D eigenvalue weighted by Gasteiger charge is -2.21. The zero-order valence-electron chi connectivity index (χ0n) is 17.8. The second-order valence-electron chi connectivity index (χ2n) is 7.38.